The molecule has 3 aromatic carbocycles. The van der Waals surface area contributed by atoms with E-state index in [9.17, 15) is 0 Å². The lowest BCUT2D eigenvalue weighted by molar-refractivity contribution is 0.0373. The SMILES string of the molecule is CC1(C)C(c2ccccc2)=NOC1Cc1ccnc2c1ccc1ccccc12. The molecule has 1 atom stereocenters. The highest BCUT2D eigenvalue weighted by atomic mass is 16.6. The summed E-state index contributed by atoms with van der Waals surface area (Å²) in [7, 11) is 0. The average molecular weight is 366 g/mol. The lowest BCUT2D eigenvalue weighted by atomic mass is 9.77. The molecule has 0 fully saturated rings. The summed E-state index contributed by atoms with van der Waals surface area (Å²) in [5.74, 6) is 0. The second-order valence-corrected chi connectivity index (χ2v) is 7.98. The molecule has 3 nitrogen and oxygen atoms in total. The van der Waals surface area contributed by atoms with E-state index in [4.69, 9.17) is 4.84 Å². The van der Waals surface area contributed by atoms with Crippen molar-refractivity contribution < 1.29 is 4.84 Å². The number of nitrogens with zero attached hydrogens (tertiary/aromatic N) is 2. The van der Waals surface area contributed by atoms with Crippen molar-refractivity contribution >= 4 is 27.4 Å². The molecule has 4 aromatic rings. The predicted octanol–water partition coefficient (Wildman–Crippen LogP) is 5.76. The zero-order chi connectivity index (χ0) is 19.1. The van der Waals surface area contributed by atoms with Crippen molar-refractivity contribution in [1.82, 2.24) is 4.98 Å². The van der Waals surface area contributed by atoms with E-state index in [-0.39, 0.29) is 11.5 Å². The Bertz CT molecular complexity index is 1200. The second-order valence-electron chi connectivity index (χ2n) is 7.98. The Hall–Kier alpha value is -3.20. The van der Waals surface area contributed by atoms with E-state index < -0.39 is 0 Å². The van der Waals surface area contributed by atoms with Crippen molar-refractivity contribution in [2.45, 2.75) is 26.4 Å². The van der Waals surface area contributed by atoms with Gasteiger partial charge in [0.1, 0.15) is 6.10 Å². The molecule has 1 aliphatic rings. The monoisotopic (exact) mass is 366 g/mol. The smallest absolute Gasteiger partial charge is 0.142 e. The molecule has 0 N–H and O–H groups in total. The first-order chi connectivity index (χ1) is 13.6. The predicted molar refractivity (Wildman–Crippen MR) is 115 cm³/mol. The van der Waals surface area contributed by atoms with Crippen LogP contribution >= 0.6 is 0 Å². The van der Waals surface area contributed by atoms with Crippen molar-refractivity contribution in [3.05, 3.63) is 90.1 Å². The number of pyridine rings is 1. The zero-order valence-corrected chi connectivity index (χ0v) is 16.1. The number of hydrogen-bond acceptors (Lipinski definition) is 3. The number of oxime groups is 1. The molecule has 0 saturated heterocycles. The van der Waals surface area contributed by atoms with E-state index in [0.29, 0.717) is 0 Å². The summed E-state index contributed by atoms with van der Waals surface area (Å²) in [5, 5.41) is 8.06. The van der Waals surface area contributed by atoms with E-state index in [1.807, 2.05) is 24.4 Å². The van der Waals surface area contributed by atoms with Gasteiger partial charge in [0.25, 0.3) is 0 Å². The summed E-state index contributed by atoms with van der Waals surface area (Å²) < 4.78 is 0. The number of aromatic nitrogens is 1. The Kier molecular flexibility index (Phi) is 3.90. The zero-order valence-electron chi connectivity index (χ0n) is 16.1. The van der Waals surface area contributed by atoms with Crippen LogP contribution in [0.5, 0.6) is 0 Å². The Labute approximate surface area is 164 Å². The topological polar surface area (TPSA) is 34.5 Å². The number of benzene rings is 3. The molecular weight excluding hydrogens is 344 g/mol. The lowest BCUT2D eigenvalue weighted by Crippen LogP contribution is -2.34. The molecule has 3 heteroatoms. The van der Waals surface area contributed by atoms with E-state index in [0.717, 1.165) is 23.2 Å². The quantitative estimate of drug-likeness (QED) is 0.432. The molecule has 2 heterocycles. The summed E-state index contributed by atoms with van der Waals surface area (Å²) in [6.45, 7) is 4.44. The largest absolute Gasteiger partial charge is 0.391 e. The first kappa shape index (κ1) is 16.9. The molecule has 138 valence electrons. The van der Waals surface area contributed by atoms with Crippen LogP contribution in [0, 0.1) is 5.41 Å². The fourth-order valence-electron chi connectivity index (χ4n) is 4.15. The third-order valence-electron chi connectivity index (χ3n) is 5.86. The summed E-state index contributed by atoms with van der Waals surface area (Å²) in [6.07, 6.45) is 2.69. The maximum atomic E-state index is 5.94. The van der Waals surface area contributed by atoms with Gasteiger partial charge in [-0.05, 0) is 22.6 Å². The molecule has 1 aliphatic heterocycles. The van der Waals surface area contributed by atoms with Crippen LogP contribution in [-0.2, 0) is 11.3 Å². The molecule has 0 aliphatic carbocycles. The van der Waals surface area contributed by atoms with Crippen molar-refractivity contribution in [3.8, 4) is 0 Å². The van der Waals surface area contributed by atoms with E-state index in [1.54, 1.807) is 0 Å². The molecule has 28 heavy (non-hydrogen) atoms. The van der Waals surface area contributed by atoms with Gasteiger partial charge in [0, 0.05) is 23.4 Å². The first-order valence-corrected chi connectivity index (χ1v) is 9.69. The highest BCUT2D eigenvalue weighted by molar-refractivity contribution is 6.07. The van der Waals surface area contributed by atoms with Crippen molar-refractivity contribution in [2.75, 3.05) is 0 Å². The minimum absolute atomic E-state index is 0.0141. The van der Waals surface area contributed by atoms with Gasteiger partial charge in [-0.2, -0.15) is 0 Å². The van der Waals surface area contributed by atoms with Gasteiger partial charge in [0.2, 0.25) is 0 Å². The van der Waals surface area contributed by atoms with Crippen molar-refractivity contribution in [3.63, 3.8) is 0 Å². The highest BCUT2D eigenvalue weighted by Gasteiger charge is 2.42. The fourth-order valence-corrected chi connectivity index (χ4v) is 4.15. The van der Waals surface area contributed by atoms with Gasteiger partial charge in [-0.3, -0.25) is 4.98 Å². The minimum Gasteiger partial charge on any atom is -0.391 e. The third-order valence-corrected chi connectivity index (χ3v) is 5.86. The van der Waals surface area contributed by atoms with Crippen molar-refractivity contribution in [2.24, 2.45) is 10.6 Å². The molecule has 0 saturated carbocycles. The van der Waals surface area contributed by atoms with Crippen LogP contribution in [0.15, 0.2) is 84.1 Å². The highest BCUT2D eigenvalue weighted by Crippen LogP contribution is 2.37. The maximum Gasteiger partial charge on any atom is 0.142 e. The number of hydrogen-bond donors (Lipinski definition) is 0. The van der Waals surface area contributed by atoms with E-state index in [2.05, 4.69) is 78.6 Å². The summed E-state index contributed by atoms with van der Waals surface area (Å²) >= 11 is 0. The van der Waals surface area contributed by atoms with Crippen molar-refractivity contribution in [1.29, 1.82) is 0 Å². The summed E-state index contributed by atoms with van der Waals surface area (Å²) in [6, 6.07) is 25.2. The van der Waals surface area contributed by atoms with Gasteiger partial charge in [0.05, 0.1) is 16.6 Å². The fraction of sp³-hybridized carbons (Fsp3) is 0.200. The Balaban J connectivity index is 1.52. The second kappa shape index (κ2) is 6.45. The summed E-state index contributed by atoms with van der Waals surface area (Å²) in [5.41, 5.74) is 4.27. The first-order valence-electron chi connectivity index (χ1n) is 9.69. The van der Waals surface area contributed by atoms with Gasteiger partial charge < -0.3 is 4.84 Å². The molecule has 0 radical (unpaired) electrons. The Morgan fingerprint density at radius 1 is 0.857 bits per heavy atom. The van der Waals surface area contributed by atoms with Gasteiger partial charge in [-0.25, -0.2) is 0 Å². The van der Waals surface area contributed by atoms with Gasteiger partial charge in [0.15, 0.2) is 0 Å². The molecule has 1 unspecified atom stereocenters. The van der Waals surface area contributed by atoms with Gasteiger partial charge in [-0.15, -0.1) is 0 Å². The van der Waals surface area contributed by atoms with Crippen LogP contribution in [-0.4, -0.2) is 16.8 Å². The Morgan fingerprint density at radius 2 is 1.64 bits per heavy atom. The number of rotatable bonds is 3. The average Bonchev–Trinajstić information content (AvgIpc) is 3.02. The van der Waals surface area contributed by atoms with Crippen LogP contribution in [0.3, 0.4) is 0 Å². The Morgan fingerprint density at radius 3 is 2.50 bits per heavy atom. The number of fused-ring (bicyclic) bond motifs is 3. The minimum atomic E-state index is -0.173. The maximum absolute atomic E-state index is 5.94. The lowest BCUT2D eigenvalue weighted by Gasteiger charge is -2.26. The normalized spacial score (nSPS) is 18.2. The van der Waals surface area contributed by atoms with E-state index >= 15 is 0 Å². The summed E-state index contributed by atoms with van der Waals surface area (Å²) in [4.78, 5) is 10.6. The molecule has 0 amide bonds. The third kappa shape index (κ3) is 2.66. The standard InChI is InChI=1S/C25H22N2O/c1-25(2)22(28-27-24(25)18-9-4-3-5-10-18)16-19-14-15-26-23-20-11-7-6-8-17(20)12-13-21(19)23/h3-15,22H,16H2,1-2H3. The van der Waals surface area contributed by atoms with Gasteiger partial charge in [-0.1, -0.05) is 85.7 Å². The molecule has 1 aromatic heterocycles. The van der Waals surface area contributed by atoms with Crippen LogP contribution in [0.25, 0.3) is 21.7 Å². The molecule has 0 spiro atoms. The van der Waals surface area contributed by atoms with Crippen LogP contribution in [0.4, 0.5) is 0 Å². The molecule has 5 rings (SSSR count). The van der Waals surface area contributed by atoms with E-state index in [1.165, 1.54) is 21.7 Å². The van der Waals surface area contributed by atoms with Crippen LogP contribution in [0.2, 0.25) is 0 Å². The van der Waals surface area contributed by atoms with Crippen LogP contribution in [0.1, 0.15) is 25.0 Å². The van der Waals surface area contributed by atoms with Crippen LogP contribution < -0.4 is 0 Å². The molecular formula is C25H22N2O. The molecule has 0 bridgehead atoms. The van der Waals surface area contributed by atoms with Gasteiger partial charge >= 0.3 is 0 Å².